The third kappa shape index (κ3) is 3.81. The zero-order valence-electron chi connectivity index (χ0n) is 20.9. The maximum atomic E-state index is 13.4. The molecule has 1 amide bonds. The predicted molar refractivity (Wildman–Crippen MR) is 142 cm³/mol. The average molecular weight is 519 g/mol. The van der Waals surface area contributed by atoms with Crippen LogP contribution in [0.1, 0.15) is 61.0 Å². The van der Waals surface area contributed by atoms with Crippen LogP contribution >= 0.6 is 11.6 Å². The lowest BCUT2D eigenvalue weighted by molar-refractivity contribution is -0.155. The summed E-state index contributed by atoms with van der Waals surface area (Å²) in [6, 6.07) is 12.3. The highest BCUT2D eigenvalue weighted by Gasteiger charge is 2.55. The lowest BCUT2D eigenvalue weighted by Crippen LogP contribution is -2.57. The Morgan fingerprint density at radius 2 is 1.78 bits per heavy atom. The molecule has 8 heteroatoms. The molecule has 4 fully saturated rings. The van der Waals surface area contributed by atoms with E-state index in [0.717, 1.165) is 54.0 Å². The number of carboxylic acids is 1. The molecule has 1 saturated heterocycles. The van der Waals surface area contributed by atoms with E-state index in [0.29, 0.717) is 10.6 Å². The molecule has 4 aliphatic rings. The van der Waals surface area contributed by atoms with Crippen LogP contribution in [0.2, 0.25) is 5.02 Å². The third-order valence-corrected chi connectivity index (χ3v) is 9.77. The molecule has 3 aliphatic carbocycles. The number of halogens is 1. The number of aliphatic carboxylic acids is 1. The molecule has 1 aromatic heterocycles. The normalized spacial score (nSPS) is 30.5. The Morgan fingerprint density at radius 3 is 2.46 bits per heavy atom. The van der Waals surface area contributed by atoms with E-state index < -0.39 is 5.97 Å². The van der Waals surface area contributed by atoms with Gasteiger partial charge < -0.3 is 15.3 Å². The number of nitrogens with one attached hydrogen (secondary N) is 1. The Labute approximate surface area is 220 Å². The first-order valence-electron chi connectivity index (χ1n) is 13.3. The zero-order chi connectivity index (χ0) is 25.5. The van der Waals surface area contributed by atoms with Gasteiger partial charge in [0.25, 0.3) is 5.91 Å². The minimum absolute atomic E-state index is 0.0709. The third-order valence-electron chi connectivity index (χ3n) is 9.44. The molecule has 3 saturated carbocycles. The minimum Gasteiger partial charge on any atom is -0.481 e. The number of amides is 1. The van der Waals surface area contributed by atoms with Crippen molar-refractivity contribution in [2.24, 2.45) is 23.2 Å². The number of rotatable bonds is 6. The number of benzene rings is 2. The molecule has 7 nitrogen and oxygen atoms in total. The van der Waals surface area contributed by atoms with Crippen molar-refractivity contribution in [2.45, 2.75) is 51.1 Å². The summed E-state index contributed by atoms with van der Waals surface area (Å²) in [4.78, 5) is 27.0. The van der Waals surface area contributed by atoms with Gasteiger partial charge in [0, 0.05) is 30.2 Å². The molecular weight excluding hydrogens is 488 g/mol. The van der Waals surface area contributed by atoms with E-state index in [1.54, 1.807) is 18.3 Å². The van der Waals surface area contributed by atoms with Crippen molar-refractivity contribution < 1.29 is 14.7 Å². The SMILES string of the molecule is CC(c1ccc(N2C[C@@H]3C[C@H]3C2)cc1)n1ncc2c(Cl)ccc(C(=O)NC3CC4(C3)CC(C(=O)O)C4)c21. The lowest BCUT2D eigenvalue weighted by atomic mass is 9.50. The number of piperidine rings is 1. The smallest absolute Gasteiger partial charge is 0.306 e. The zero-order valence-corrected chi connectivity index (χ0v) is 21.6. The Kier molecular flexibility index (Phi) is 5.13. The van der Waals surface area contributed by atoms with Crippen molar-refractivity contribution in [1.29, 1.82) is 0 Å². The Hall–Kier alpha value is -3.06. The van der Waals surface area contributed by atoms with Gasteiger partial charge in [-0.2, -0.15) is 5.10 Å². The van der Waals surface area contributed by atoms with E-state index in [2.05, 4.69) is 46.5 Å². The number of fused-ring (bicyclic) bond motifs is 2. The van der Waals surface area contributed by atoms with Gasteiger partial charge in [-0.15, -0.1) is 0 Å². The van der Waals surface area contributed by atoms with Crippen molar-refractivity contribution in [1.82, 2.24) is 15.1 Å². The number of carboxylic acid groups (broad SMARTS) is 1. The van der Waals surface area contributed by atoms with Crippen molar-refractivity contribution in [3.05, 3.63) is 58.7 Å². The minimum atomic E-state index is -0.703. The van der Waals surface area contributed by atoms with Gasteiger partial charge in [0.15, 0.2) is 0 Å². The van der Waals surface area contributed by atoms with Crippen LogP contribution in [0.5, 0.6) is 0 Å². The van der Waals surface area contributed by atoms with Gasteiger partial charge in [-0.1, -0.05) is 23.7 Å². The summed E-state index contributed by atoms with van der Waals surface area (Å²) < 4.78 is 1.90. The highest BCUT2D eigenvalue weighted by Crippen LogP contribution is 2.58. The second kappa shape index (κ2) is 8.22. The molecule has 37 heavy (non-hydrogen) atoms. The maximum absolute atomic E-state index is 13.4. The number of carbonyl (C=O) groups excluding carboxylic acids is 1. The lowest BCUT2D eigenvalue weighted by Gasteiger charge is -2.56. The Morgan fingerprint density at radius 1 is 1.08 bits per heavy atom. The van der Waals surface area contributed by atoms with Crippen LogP contribution < -0.4 is 10.2 Å². The fourth-order valence-corrected chi connectivity index (χ4v) is 7.37. The van der Waals surface area contributed by atoms with Gasteiger partial charge in [0.1, 0.15) is 0 Å². The first kappa shape index (κ1) is 23.1. The predicted octanol–water partition coefficient (Wildman–Crippen LogP) is 5.13. The van der Waals surface area contributed by atoms with E-state index >= 15 is 0 Å². The number of aromatic nitrogens is 2. The molecule has 3 aromatic rings. The molecular formula is C29H31ClN4O3. The van der Waals surface area contributed by atoms with Crippen LogP contribution in [0.4, 0.5) is 5.69 Å². The highest BCUT2D eigenvalue weighted by molar-refractivity contribution is 6.36. The number of nitrogens with zero attached hydrogens (tertiary/aromatic N) is 3. The second-order valence-corrected chi connectivity index (χ2v) is 12.3. The molecule has 2 aromatic carbocycles. The van der Waals surface area contributed by atoms with Crippen LogP contribution in [0.15, 0.2) is 42.6 Å². The van der Waals surface area contributed by atoms with Crippen LogP contribution in [-0.2, 0) is 4.79 Å². The topological polar surface area (TPSA) is 87.5 Å². The summed E-state index contributed by atoms with van der Waals surface area (Å²) in [5, 5.41) is 18.4. The largest absolute Gasteiger partial charge is 0.481 e. The Bertz CT molecular complexity index is 1390. The van der Waals surface area contributed by atoms with Crippen LogP contribution in [0.3, 0.4) is 0 Å². The first-order chi connectivity index (χ1) is 17.8. The summed E-state index contributed by atoms with van der Waals surface area (Å²) in [5.41, 5.74) is 3.81. The molecule has 2 heterocycles. The van der Waals surface area contributed by atoms with Crippen molar-refractivity contribution in [3.63, 3.8) is 0 Å². The number of anilines is 1. The summed E-state index contributed by atoms with van der Waals surface area (Å²) in [6.45, 7) is 4.44. The number of carbonyl (C=O) groups is 2. The first-order valence-corrected chi connectivity index (χ1v) is 13.7. The fraction of sp³-hybridized carbons (Fsp3) is 0.483. The van der Waals surface area contributed by atoms with Crippen molar-refractivity contribution in [3.8, 4) is 0 Å². The van der Waals surface area contributed by atoms with Gasteiger partial charge in [-0.25, -0.2) is 0 Å². The summed E-state index contributed by atoms with van der Waals surface area (Å²) in [5.74, 6) is 0.727. The highest BCUT2D eigenvalue weighted by atomic mass is 35.5. The molecule has 1 spiro atoms. The van der Waals surface area contributed by atoms with E-state index in [9.17, 15) is 14.7 Å². The number of hydrogen-bond acceptors (Lipinski definition) is 4. The molecule has 2 N–H and O–H groups in total. The average Bonchev–Trinajstić information content (AvgIpc) is 3.23. The van der Waals surface area contributed by atoms with Gasteiger partial charge in [-0.3, -0.25) is 14.3 Å². The monoisotopic (exact) mass is 518 g/mol. The van der Waals surface area contributed by atoms with Crippen LogP contribution in [0.25, 0.3) is 10.9 Å². The van der Waals surface area contributed by atoms with E-state index in [1.807, 2.05) is 4.68 Å². The molecule has 0 bridgehead atoms. The fourth-order valence-electron chi connectivity index (χ4n) is 7.17. The van der Waals surface area contributed by atoms with E-state index in [4.69, 9.17) is 11.6 Å². The van der Waals surface area contributed by atoms with Gasteiger partial charge >= 0.3 is 5.97 Å². The summed E-state index contributed by atoms with van der Waals surface area (Å²) >= 11 is 6.52. The molecule has 0 radical (unpaired) electrons. The molecule has 3 atom stereocenters. The van der Waals surface area contributed by atoms with Crippen molar-refractivity contribution >= 4 is 40.1 Å². The van der Waals surface area contributed by atoms with Gasteiger partial charge in [0.2, 0.25) is 0 Å². The standard InChI is InChI=1S/C29H31ClN4O3/c1-16(17-2-4-22(5-3-17)33-14-18-8-19(18)15-33)34-26-23(6-7-25(30)24(26)13-31-34)27(35)32-21-11-29(12-21)9-20(10-29)28(36)37/h2-7,13,16,18-21H,8-12,14-15H2,1H3,(H,32,35)(H,36,37)/t16?,18-,19-,20?,21?,29?/m0/s1. The second-order valence-electron chi connectivity index (χ2n) is 11.9. The van der Waals surface area contributed by atoms with Gasteiger partial charge in [-0.05, 0) is 86.1 Å². The number of hydrogen-bond donors (Lipinski definition) is 2. The quantitative estimate of drug-likeness (QED) is 0.472. The molecule has 7 rings (SSSR count). The Balaban J connectivity index is 1.10. The molecule has 1 aliphatic heterocycles. The molecule has 1 unspecified atom stereocenters. The maximum Gasteiger partial charge on any atom is 0.306 e. The van der Waals surface area contributed by atoms with Crippen LogP contribution in [0, 0.1) is 23.2 Å². The van der Waals surface area contributed by atoms with Crippen molar-refractivity contribution in [2.75, 3.05) is 18.0 Å². The summed E-state index contributed by atoms with van der Waals surface area (Å²) in [7, 11) is 0. The van der Waals surface area contributed by atoms with E-state index in [1.165, 1.54) is 25.2 Å². The van der Waals surface area contributed by atoms with Crippen LogP contribution in [-0.4, -0.2) is 45.9 Å². The van der Waals surface area contributed by atoms with Gasteiger partial charge in [0.05, 0.1) is 34.3 Å². The molecule has 192 valence electrons. The van der Waals surface area contributed by atoms with E-state index in [-0.39, 0.29) is 29.3 Å². The summed E-state index contributed by atoms with van der Waals surface area (Å²) in [6.07, 6.45) is 6.28.